The van der Waals surface area contributed by atoms with E-state index in [1.165, 1.54) is 47.5 Å². The van der Waals surface area contributed by atoms with Gasteiger partial charge in [0.15, 0.2) is 5.60 Å². The summed E-state index contributed by atoms with van der Waals surface area (Å²) in [5.41, 5.74) is 1.10. The summed E-state index contributed by atoms with van der Waals surface area (Å²) in [7, 11) is 0. The summed E-state index contributed by atoms with van der Waals surface area (Å²) in [5, 5.41) is 12.0. The smallest absolute Gasteiger partial charge is 0.173 e. The summed E-state index contributed by atoms with van der Waals surface area (Å²) in [6, 6.07) is 23.1. The number of ether oxygens (including phenoxy) is 1. The third kappa shape index (κ3) is 5.67. The van der Waals surface area contributed by atoms with E-state index in [2.05, 4.69) is 24.0 Å². The Balaban J connectivity index is 1.47. The molecule has 0 bridgehead atoms. The average molecular weight is 504 g/mol. The van der Waals surface area contributed by atoms with Crippen LogP contribution in [0.15, 0.2) is 89.3 Å². The van der Waals surface area contributed by atoms with Crippen LogP contribution in [-0.2, 0) is 23.4 Å². The zero-order valence-corrected chi connectivity index (χ0v) is 20.9. The van der Waals surface area contributed by atoms with Gasteiger partial charge in [-0.1, -0.05) is 48.5 Å². The van der Waals surface area contributed by atoms with E-state index >= 15 is 0 Å². The van der Waals surface area contributed by atoms with Crippen molar-refractivity contribution in [1.29, 1.82) is 0 Å². The predicted molar refractivity (Wildman–Crippen MR) is 138 cm³/mol. The fraction of sp³-hybridized carbons (Fsp3) is 0.290. The van der Waals surface area contributed by atoms with Crippen molar-refractivity contribution in [3.8, 4) is 0 Å². The van der Waals surface area contributed by atoms with E-state index in [0.29, 0.717) is 12.3 Å². The summed E-state index contributed by atoms with van der Waals surface area (Å²) < 4.78 is 40.5. The molecule has 0 radical (unpaired) electrons. The Labute approximate surface area is 216 Å². The van der Waals surface area contributed by atoms with Crippen LogP contribution in [0.5, 0.6) is 0 Å². The first-order chi connectivity index (χ1) is 17.9. The molecule has 6 heteroatoms. The number of aryl methyl sites for hydroxylation is 1. The van der Waals surface area contributed by atoms with Crippen molar-refractivity contribution < 1.29 is 23.0 Å². The van der Waals surface area contributed by atoms with E-state index < -0.39 is 17.2 Å². The molecule has 4 nitrogen and oxygen atoms in total. The maximum absolute atomic E-state index is 14.2. The van der Waals surface area contributed by atoms with Gasteiger partial charge in [-0.25, -0.2) is 8.78 Å². The monoisotopic (exact) mass is 503 g/mol. The van der Waals surface area contributed by atoms with Gasteiger partial charge in [0.2, 0.25) is 0 Å². The minimum Gasteiger partial charge on any atom is -0.461 e. The van der Waals surface area contributed by atoms with Crippen molar-refractivity contribution in [2.75, 3.05) is 13.2 Å². The normalized spacial score (nSPS) is 16.0. The quantitative estimate of drug-likeness (QED) is 0.290. The Morgan fingerprint density at radius 2 is 1.59 bits per heavy atom. The number of halogens is 2. The maximum atomic E-state index is 14.2. The van der Waals surface area contributed by atoms with Crippen molar-refractivity contribution in [1.82, 2.24) is 4.90 Å². The first-order valence-corrected chi connectivity index (χ1v) is 12.6. The number of aliphatic hydroxyl groups is 1. The highest BCUT2D eigenvalue weighted by molar-refractivity contribution is 5.44. The molecule has 1 fully saturated rings. The lowest BCUT2D eigenvalue weighted by Crippen LogP contribution is -2.31. The van der Waals surface area contributed by atoms with Crippen LogP contribution in [0.3, 0.4) is 0 Å². The summed E-state index contributed by atoms with van der Waals surface area (Å²) >= 11 is 0. The predicted octanol–water partition coefficient (Wildman–Crippen LogP) is 6.33. The average Bonchev–Trinajstić information content (AvgIpc) is 3.57. The maximum Gasteiger partial charge on any atom is 0.173 e. The fourth-order valence-electron chi connectivity index (χ4n) is 5.05. The van der Waals surface area contributed by atoms with Crippen molar-refractivity contribution in [3.05, 3.63) is 130 Å². The van der Waals surface area contributed by atoms with Gasteiger partial charge in [0.1, 0.15) is 23.2 Å². The van der Waals surface area contributed by atoms with Crippen molar-refractivity contribution in [3.63, 3.8) is 0 Å². The van der Waals surface area contributed by atoms with Gasteiger partial charge in [0.05, 0.1) is 12.6 Å². The highest BCUT2D eigenvalue weighted by Crippen LogP contribution is 2.38. The van der Waals surface area contributed by atoms with Crippen LogP contribution in [0.2, 0.25) is 0 Å². The van der Waals surface area contributed by atoms with Crippen LogP contribution < -0.4 is 0 Å². The largest absolute Gasteiger partial charge is 0.461 e. The lowest BCUT2D eigenvalue weighted by Gasteiger charge is -2.28. The molecule has 0 amide bonds. The number of furan rings is 1. The molecule has 1 saturated heterocycles. The molecule has 1 aliphatic heterocycles. The topological polar surface area (TPSA) is 45.8 Å². The first-order valence-electron chi connectivity index (χ1n) is 12.6. The summed E-state index contributed by atoms with van der Waals surface area (Å²) in [4.78, 5) is 2.28. The van der Waals surface area contributed by atoms with E-state index in [1.54, 1.807) is 18.2 Å². The molecule has 1 aliphatic rings. The number of nitrogens with zero attached hydrogens (tertiary/aromatic N) is 1. The molecule has 192 valence electrons. The molecule has 0 aliphatic carbocycles. The van der Waals surface area contributed by atoms with Crippen LogP contribution in [0.1, 0.15) is 46.6 Å². The second-order valence-corrected chi connectivity index (χ2v) is 9.73. The van der Waals surface area contributed by atoms with E-state index in [4.69, 9.17) is 9.15 Å². The molecular weight excluding hydrogens is 472 g/mol. The number of hydrogen-bond donors (Lipinski definition) is 1. The van der Waals surface area contributed by atoms with Gasteiger partial charge in [0.25, 0.3) is 0 Å². The van der Waals surface area contributed by atoms with E-state index in [0.717, 1.165) is 32.5 Å². The fourth-order valence-corrected chi connectivity index (χ4v) is 5.05. The van der Waals surface area contributed by atoms with Gasteiger partial charge in [0, 0.05) is 19.7 Å². The molecule has 0 spiro atoms. The van der Waals surface area contributed by atoms with Crippen LogP contribution >= 0.6 is 0 Å². The van der Waals surface area contributed by atoms with Gasteiger partial charge in [-0.2, -0.15) is 0 Å². The SMILES string of the molecule is Cc1ccccc1CN(Cc1ccc(C(O)(c2cccc(F)c2)c2cccc(F)c2)o1)C[C@@H]1CCCO1. The van der Waals surface area contributed by atoms with Gasteiger partial charge in [-0.05, 0) is 78.4 Å². The summed E-state index contributed by atoms with van der Waals surface area (Å²) in [6.45, 7) is 4.85. The highest BCUT2D eigenvalue weighted by Gasteiger charge is 2.38. The number of rotatable bonds is 9. The third-order valence-corrected chi connectivity index (χ3v) is 7.02. The summed E-state index contributed by atoms with van der Waals surface area (Å²) in [5.74, 6) is -0.153. The molecule has 4 aromatic rings. The molecule has 37 heavy (non-hydrogen) atoms. The zero-order chi connectivity index (χ0) is 25.8. The molecule has 1 aromatic heterocycles. The van der Waals surface area contributed by atoms with Crippen LogP contribution in [0, 0.1) is 18.6 Å². The molecule has 5 rings (SSSR count). The number of hydrogen-bond acceptors (Lipinski definition) is 4. The molecule has 1 N–H and O–H groups in total. The van der Waals surface area contributed by atoms with Crippen molar-refractivity contribution in [2.24, 2.45) is 0 Å². The Hall–Kier alpha value is -3.32. The molecule has 2 heterocycles. The standard InChI is InChI=1S/C31H31F2NO3/c1-22-7-2-3-8-23(22)19-34(20-28-13-6-16-36-28)21-29-14-15-30(37-29)31(35,24-9-4-11-26(32)17-24)25-10-5-12-27(33)18-25/h2-5,7-12,14-15,17-18,28,35H,6,13,16,19-21H2,1H3/t28-/m0/s1. The molecular formula is C31H31F2NO3. The van der Waals surface area contributed by atoms with Crippen molar-refractivity contribution >= 4 is 0 Å². The van der Waals surface area contributed by atoms with E-state index in [-0.39, 0.29) is 23.0 Å². The minimum atomic E-state index is -1.86. The Morgan fingerprint density at radius 3 is 2.22 bits per heavy atom. The minimum absolute atomic E-state index is 0.162. The van der Waals surface area contributed by atoms with Gasteiger partial charge in [-0.3, -0.25) is 4.90 Å². The first kappa shape index (κ1) is 25.3. The lowest BCUT2D eigenvalue weighted by atomic mass is 9.84. The van der Waals surface area contributed by atoms with E-state index in [1.807, 2.05) is 18.2 Å². The molecule has 1 atom stereocenters. The third-order valence-electron chi connectivity index (χ3n) is 7.02. The van der Waals surface area contributed by atoms with Gasteiger partial charge < -0.3 is 14.3 Å². The van der Waals surface area contributed by atoms with Crippen LogP contribution in [0.25, 0.3) is 0 Å². The van der Waals surface area contributed by atoms with Gasteiger partial charge in [-0.15, -0.1) is 0 Å². The summed E-state index contributed by atoms with van der Waals surface area (Å²) in [6.07, 6.45) is 2.24. The molecule has 0 unspecified atom stereocenters. The number of benzene rings is 3. The Morgan fingerprint density at radius 1 is 0.892 bits per heavy atom. The zero-order valence-electron chi connectivity index (χ0n) is 20.9. The van der Waals surface area contributed by atoms with Gasteiger partial charge >= 0.3 is 0 Å². The van der Waals surface area contributed by atoms with E-state index in [9.17, 15) is 13.9 Å². The van der Waals surface area contributed by atoms with Crippen molar-refractivity contribution in [2.45, 2.75) is 44.6 Å². The van der Waals surface area contributed by atoms with Crippen LogP contribution in [0.4, 0.5) is 8.78 Å². The molecule has 0 saturated carbocycles. The lowest BCUT2D eigenvalue weighted by molar-refractivity contribution is 0.0629. The van der Waals surface area contributed by atoms with Crippen LogP contribution in [-0.4, -0.2) is 29.3 Å². The highest BCUT2D eigenvalue weighted by atomic mass is 19.1. The second-order valence-electron chi connectivity index (χ2n) is 9.73. The Kier molecular flexibility index (Phi) is 7.51. The molecule has 3 aromatic carbocycles. The second kappa shape index (κ2) is 11.0. The Bertz CT molecular complexity index is 1300.